The van der Waals surface area contributed by atoms with Crippen molar-refractivity contribution in [2.24, 2.45) is 5.92 Å². The Kier molecular flexibility index (Phi) is 4.32. The topological polar surface area (TPSA) is 68.3 Å². The third-order valence-corrected chi connectivity index (χ3v) is 4.97. The van der Waals surface area contributed by atoms with Crippen molar-refractivity contribution in [1.29, 1.82) is 0 Å². The number of nitrogens with zero attached hydrogens (tertiary/aromatic N) is 3. The first-order chi connectivity index (χ1) is 12.6. The Morgan fingerprint density at radius 3 is 2.73 bits per heavy atom. The van der Waals surface area contributed by atoms with Gasteiger partial charge >= 0.3 is 0 Å². The van der Waals surface area contributed by atoms with Crippen molar-refractivity contribution in [2.45, 2.75) is 26.3 Å². The van der Waals surface area contributed by atoms with E-state index in [0.717, 1.165) is 29.5 Å². The highest BCUT2D eigenvalue weighted by Gasteiger charge is 2.26. The van der Waals surface area contributed by atoms with Crippen LogP contribution < -0.4 is 5.56 Å². The summed E-state index contributed by atoms with van der Waals surface area (Å²) in [5.74, 6) is 0.674. The number of carbonyl (C=O) groups excluding carboxylic acids is 1. The van der Waals surface area contributed by atoms with E-state index in [1.807, 2.05) is 36.1 Å². The summed E-state index contributed by atoms with van der Waals surface area (Å²) >= 11 is 0. The number of fused-ring (bicyclic) bond motifs is 1. The summed E-state index contributed by atoms with van der Waals surface area (Å²) in [5.41, 5.74) is 1.49. The van der Waals surface area contributed by atoms with Gasteiger partial charge in [0.2, 0.25) is 0 Å². The number of hydrogen-bond donors (Lipinski definition) is 0. The van der Waals surface area contributed by atoms with Crippen LogP contribution in [0.15, 0.2) is 51.7 Å². The number of carbonyl (C=O) groups is 1. The van der Waals surface area contributed by atoms with Crippen molar-refractivity contribution in [3.8, 4) is 0 Å². The van der Waals surface area contributed by atoms with Crippen LogP contribution in [-0.2, 0) is 6.54 Å². The molecular weight excluding hydrogens is 330 g/mol. The Balaban J connectivity index is 1.40. The van der Waals surface area contributed by atoms with E-state index in [2.05, 4.69) is 5.10 Å². The van der Waals surface area contributed by atoms with Crippen LogP contribution in [-0.4, -0.2) is 33.7 Å². The minimum atomic E-state index is -0.0728. The van der Waals surface area contributed by atoms with Gasteiger partial charge < -0.3 is 9.32 Å². The Labute approximate surface area is 151 Å². The Morgan fingerprint density at radius 2 is 1.96 bits per heavy atom. The number of benzene rings is 1. The second kappa shape index (κ2) is 6.78. The van der Waals surface area contributed by atoms with E-state index in [1.54, 1.807) is 18.2 Å². The van der Waals surface area contributed by atoms with Crippen LogP contribution in [0.4, 0.5) is 0 Å². The van der Waals surface area contributed by atoms with Crippen molar-refractivity contribution in [1.82, 2.24) is 14.7 Å². The van der Waals surface area contributed by atoms with Crippen molar-refractivity contribution < 1.29 is 9.21 Å². The van der Waals surface area contributed by atoms with Gasteiger partial charge in [0, 0.05) is 31.1 Å². The number of para-hydroxylation sites is 1. The number of piperidine rings is 1. The van der Waals surface area contributed by atoms with Gasteiger partial charge in [0.15, 0.2) is 5.76 Å². The van der Waals surface area contributed by atoms with E-state index in [9.17, 15) is 9.59 Å². The monoisotopic (exact) mass is 351 g/mol. The van der Waals surface area contributed by atoms with Crippen LogP contribution >= 0.6 is 0 Å². The van der Waals surface area contributed by atoms with Crippen molar-refractivity contribution >= 4 is 16.9 Å². The second-order valence-corrected chi connectivity index (χ2v) is 6.88. The second-order valence-electron chi connectivity index (χ2n) is 6.88. The maximum Gasteiger partial charge on any atom is 0.289 e. The average molecular weight is 351 g/mol. The summed E-state index contributed by atoms with van der Waals surface area (Å²) in [7, 11) is 0. The van der Waals surface area contributed by atoms with Gasteiger partial charge in [-0.25, -0.2) is 4.68 Å². The molecule has 6 heteroatoms. The molecule has 1 fully saturated rings. The van der Waals surface area contributed by atoms with Gasteiger partial charge in [-0.15, -0.1) is 0 Å². The van der Waals surface area contributed by atoms with E-state index in [0.29, 0.717) is 31.3 Å². The molecule has 6 nitrogen and oxygen atoms in total. The normalized spacial score (nSPS) is 15.5. The molecule has 0 saturated carbocycles. The highest BCUT2D eigenvalue weighted by atomic mass is 16.3. The Bertz CT molecular complexity index is 964. The molecule has 2 aromatic heterocycles. The van der Waals surface area contributed by atoms with Crippen molar-refractivity contribution in [3.05, 3.63) is 64.3 Å². The Morgan fingerprint density at radius 1 is 1.19 bits per heavy atom. The summed E-state index contributed by atoms with van der Waals surface area (Å²) in [5, 5.41) is 5.24. The first kappa shape index (κ1) is 16.6. The van der Waals surface area contributed by atoms with Crippen LogP contribution in [0.3, 0.4) is 0 Å². The van der Waals surface area contributed by atoms with E-state index in [1.165, 1.54) is 4.68 Å². The number of furan rings is 1. The molecule has 1 aliphatic rings. The highest BCUT2D eigenvalue weighted by Crippen LogP contribution is 2.23. The fourth-order valence-corrected chi connectivity index (χ4v) is 3.49. The highest BCUT2D eigenvalue weighted by molar-refractivity contribution is 5.96. The summed E-state index contributed by atoms with van der Waals surface area (Å²) in [4.78, 5) is 26.4. The zero-order chi connectivity index (χ0) is 18.1. The zero-order valence-corrected chi connectivity index (χ0v) is 14.7. The van der Waals surface area contributed by atoms with Gasteiger partial charge in [-0.2, -0.15) is 5.10 Å². The van der Waals surface area contributed by atoms with Crippen LogP contribution in [0.25, 0.3) is 11.0 Å². The van der Waals surface area contributed by atoms with E-state index >= 15 is 0 Å². The third-order valence-electron chi connectivity index (χ3n) is 4.97. The van der Waals surface area contributed by atoms with Crippen LogP contribution in [0, 0.1) is 12.8 Å². The van der Waals surface area contributed by atoms with Gasteiger partial charge in [0.25, 0.3) is 11.5 Å². The number of aromatic nitrogens is 2. The van der Waals surface area contributed by atoms with Gasteiger partial charge in [0.05, 0.1) is 5.69 Å². The molecule has 134 valence electrons. The van der Waals surface area contributed by atoms with Crippen LogP contribution in [0.1, 0.15) is 29.1 Å². The first-order valence-electron chi connectivity index (χ1n) is 8.93. The molecule has 3 aromatic rings. The van der Waals surface area contributed by atoms with E-state index in [-0.39, 0.29) is 11.5 Å². The molecule has 1 saturated heterocycles. The summed E-state index contributed by atoms with van der Waals surface area (Å²) in [6.07, 6.45) is 1.71. The lowest BCUT2D eigenvalue weighted by atomic mass is 9.96. The minimum absolute atomic E-state index is 0.0644. The molecular formula is C20H21N3O3. The van der Waals surface area contributed by atoms with E-state index < -0.39 is 0 Å². The van der Waals surface area contributed by atoms with Crippen LogP contribution in [0.2, 0.25) is 0 Å². The molecule has 1 aliphatic heterocycles. The molecule has 0 radical (unpaired) electrons. The molecule has 0 atom stereocenters. The SMILES string of the molecule is Cc1ccc(=O)n(CC2CCN(C(=O)c3cc4ccccc4o3)CC2)n1. The number of aryl methyl sites for hydroxylation is 1. The van der Waals surface area contributed by atoms with Gasteiger partial charge in [0.1, 0.15) is 5.58 Å². The minimum Gasteiger partial charge on any atom is -0.451 e. The molecule has 0 N–H and O–H groups in total. The molecule has 0 aliphatic carbocycles. The van der Waals surface area contributed by atoms with Crippen molar-refractivity contribution in [2.75, 3.05) is 13.1 Å². The van der Waals surface area contributed by atoms with Crippen LogP contribution in [0.5, 0.6) is 0 Å². The predicted octanol–water partition coefficient (Wildman–Crippen LogP) is 2.85. The van der Waals surface area contributed by atoms with Crippen molar-refractivity contribution in [3.63, 3.8) is 0 Å². The fraction of sp³-hybridized carbons (Fsp3) is 0.350. The zero-order valence-electron chi connectivity index (χ0n) is 14.7. The summed E-state index contributed by atoms with van der Waals surface area (Å²) in [6, 6.07) is 12.7. The number of likely N-dealkylation sites (tertiary alicyclic amines) is 1. The summed E-state index contributed by atoms with van der Waals surface area (Å²) < 4.78 is 7.23. The molecule has 4 rings (SSSR count). The lowest BCUT2D eigenvalue weighted by Crippen LogP contribution is -2.40. The van der Waals surface area contributed by atoms with Gasteiger partial charge in [-0.05, 0) is 43.9 Å². The van der Waals surface area contributed by atoms with Gasteiger partial charge in [-0.3, -0.25) is 9.59 Å². The molecule has 0 unspecified atom stereocenters. The van der Waals surface area contributed by atoms with E-state index in [4.69, 9.17) is 4.42 Å². The Hall–Kier alpha value is -2.89. The molecule has 1 amide bonds. The van der Waals surface area contributed by atoms with Gasteiger partial charge in [-0.1, -0.05) is 18.2 Å². The quantitative estimate of drug-likeness (QED) is 0.728. The standard InChI is InChI=1S/C20H21N3O3/c1-14-6-7-19(24)23(21-14)13-15-8-10-22(11-9-15)20(25)18-12-16-4-2-3-5-17(16)26-18/h2-7,12,15H,8-11,13H2,1H3. The predicted molar refractivity (Wildman–Crippen MR) is 98.1 cm³/mol. The lowest BCUT2D eigenvalue weighted by Gasteiger charge is -2.31. The maximum atomic E-state index is 12.7. The molecule has 26 heavy (non-hydrogen) atoms. The molecule has 0 bridgehead atoms. The fourth-order valence-electron chi connectivity index (χ4n) is 3.49. The number of hydrogen-bond acceptors (Lipinski definition) is 4. The smallest absolute Gasteiger partial charge is 0.289 e. The number of rotatable bonds is 3. The maximum absolute atomic E-state index is 12.7. The number of amides is 1. The lowest BCUT2D eigenvalue weighted by molar-refractivity contribution is 0.0651. The molecule has 3 heterocycles. The average Bonchev–Trinajstić information content (AvgIpc) is 3.09. The molecule has 0 spiro atoms. The first-order valence-corrected chi connectivity index (χ1v) is 8.93. The molecule has 1 aromatic carbocycles. The largest absolute Gasteiger partial charge is 0.451 e. The third kappa shape index (κ3) is 3.27. The summed E-state index contributed by atoms with van der Waals surface area (Å²) in [6.45, 7) is 3.82.